The number of carbonyl (C=O) groups is 2. The SMILES string of the molecule is C=CCSCCNC(=O)NCc1cn(CC(=O)O)nn1. The van der Waals surface area contributed by atoms with E-state index < -0.39 is 5.97 Å². The average molecular weight is 299 g/mol. The number of nitrogens with one attached hydrogen (secondary N) is 2. The Morgan fingerprint density at radius 1 is 1.50 bits per heavy atom. The maximum atomic E-state index is 11.4. The summed E-state index contributed by atoms with van der Waals surface area (Å²) in [6, 6.07) is -0.294. The predicted molar refractivity (Wildman–Crippen MR) is 75.4 cm³/mol. The lowest BCUT2D eigenvalue weighted by Gasteiger charge is -2.05. The Bertz CT molecular complexity index is 463. The van der Waals surface area contributed by atoms with E-state index in [1.165, 1.54) is 10.9 Å². The van der Waals surface area contributed by atoms with E-state index in [4.69, 9.17) is 5.11 Å². The molecule has 0 bridgehead atoms. The lowest BCUT2D eigenvalue weighted by Crippen LogP contribution is -2.36. The van der Waals surface area contributed by atoms with Gasteiger partial charge in [-0.1, -0.05) is 11.3 Å². The molecule has 0 aromatic carbocycles. The number of aliphatic carboxylic acids is 1. The van der Waals surface area contributed by atoms with Crippen LogP contribution in [-0.4, -0.2) is 50.2 Å². The number of carboxylic acid groups (broad SMARTS) is 1. The van der Waals surface area contributed by atoms with Crippen molar-refractivity contribution in [1.82, 2.24) is 25.6 Å². The molecule has 110 valence electrons. The third-order valence-electron chi connectivity index (χ3n) is 2.08. The highest BCUT2D eigenvalue weighted by molar-refractivity contribution is 7.99. The second-order valence-corrected chi connectivity index (χ2v) is 4.92. The Kier molecular flexibility index (Phi) is 7.18. The number of hydrogen-bond donors (Lipinski definition) is 3. The maximum Gasteiger partial charge on any atom is 0.325 e. The lowest BCUT2D eigenvalue weighted by atomic mass is 10.5. The largest absolute Gasteiger partial charge is 0.480 e. The zero-order valence-electron chi connectivity index (χ0n) is 10.9. The first kappa shape index (κ1) is 16.0. The summed E-state index contributed by atoms with van der Waals surface area (Å²) < 4.78 is 1.20. The summed E-state index contributed by atoms with van der Waals surface area (Å²) in [5, 5.41) is 21.3. The molecule has 20 heavy (non-hydrogen) atoms. The average Bonchev–Trinajstić information content (AvgIpc) is 2.83. The molecule has 0 aliphatic rings. The summed E-state index contributed by atoms with van der Waals surface area (Å²) in [5.74, 6) is 0.675. The van der Waals surface area contributed by atoms with Crippen LogP contribution in [0.1, 0.15) is 5.69 Å². The van der Waals surface area contributed by atoms with Crippen molar-refractivity contribution in [3.8, 4) is 0 Å². The zero-order chi connectivity index (χ0) is 14.8. The normalized spacial score (nSPS) is 10.0. The fourth-order valence-electron chi connectivity index (χ4n) is 1.27. The fourth-order valence-corrected chi connectivity index (χ4v) is 1.85. The van der Waals surface area contributed by atoms with Crippen molar-refractivity contribution in [1.29, 1.82) is 0 Å². The van der Waals surface area contributed by atoms with Gasteiger partial charge in [-0.05, 0) is 0 Å². The summed E-state index contributed by atoms with van der Waals surface area (Å²) in [6.07, 6.45) is 3.29. The summed E-state index contributed by atoms with van der Waals surface area (Å²) in [4.78, 5) is 21.9. The van der Waals surface area contributed by atoms with Crippen LogP contribution < -0.4 is 10.6 Å². The molecule has 8 nitrogen and oxygen atoms in total. The van der Waals surface area contributed by atoms with Crippen LogP contribution in [0.4, 0.5) is 4.79 Å². The molecule has 1 rings (SSSR count). The number of hydrogen-bond acceptors (Lipinski definition) is 5. The number of urea groups is 1. The number of rotatable bonds is 9. The molecule has 0 fully saturated rings. The lowest BCUT2D eigenvalue weighted by molar-refractivity contribution is -0.137. The van der Waals surface area contributed by atoms with Gasteiger partial charge in [0.25, 0.3) is 0 Å². The van der Waals surface area contributed by atoms with Crippen LogP contribution in [0.5, 0.6) is 0 Å². The molecule has 0 spiro atoms. The van der Waals surface area contributed by atoms with Gasteiger partial charge in [-0.3, -0.25) is 4.79 Å². The van der Waals surface area contributed by atoms with Crippen molar-refractivity contribution < 1.29 is 14.7 Å². The van der Waals surface area contributed by atoms with Crippen molar-refractivity contribution in [3.05, 3.63) is 24.5 Å². The summed E-state index contributed by atoms with van der Waals surface area (Å²) in [5.41, 5.74) is 0.502. The van der Waals surface area contributed by atoms with Gasteiger partial charge < -0.3 is 15.7 Å². The van der Waals surface area contributed by atoms with Crippen LogP contribution in [0.3, 0.4) is 0 Å². The van der Waals surface area contributed by atoms with Gasteiger partial charge in [-0.25, -0.2) is 9.48 Å². The molecule has 3 N–H and O–H groups in total. The molecule has 9 heteroatoms. The summed E-state index contributed by atoms with van der Waals surface area (Å²) in [7, 11) is 0. The number of amides is 2. The molecule has 0 saturated heterocycles. The molecule has 1 heterocycles. The Morgan fingerprint density at radius 3 is 3.00 bits per heavy atom. The highest BCUT2D eigenvalue weighted by Crippen LogP contribution is 1.97. The van der Waals surface area contributed by atoms with Gasteiger partial charge in [0.05, 0.1) is 12.7 Å². The molecule has 0 radical (unpaired) electrons. The van der Waals surface area contributed by atoms with E-state index in [0.29, 0.717) is 12.2 Å². The highest BCUT2D eigenvalue weighted by atomic mass is 32.2. The first-order chi connectivity index (χ1) is 9.61. The van der Waals surface area contributed by atoms with Crippen molar-refractivity contribution in [2.75, 3.05) is 18.1 Å². The minimum absolute atomic E-state index is 0.200. The van der Waals surface area contributed by atoms with Crippen LogP contribution in [0.15, 0.2) is 18.9 Å². The summed E-state index contributed by atoms with van der Waals surface area (Å²) >= 11 is 1.68. The standard InChI is InChI=1S/C11H17N5O3S/c1-2-4-20-5-3-12-11(19)13-6-9-7-16(15-14-9)8-10(17)18/h2,7H,1,3-6,8H2,(H,17,18)(H2,12,13,19). The third-order valence-corrected chi connectivity index (χ3v) is 3.05. The first-order valence-corrected chi connectivity index (χ1v) is 7.08. The van der Waals surface area contributed by atoms with Gasteiger partial charge in [0, 0.05) is 18.1 Å². The minimum Gasteiger partial charge on any atom is -0.480 e. The van der Waals surface area contributed by atoms with Crippen LogP contribution in [0.25, 0.3) is 0 Å². The number of thioether (sulfide) groups is 1. The van der Waals surface area contributed by atoms with Crippen LogP contribution in [0, 0.1) is 0 Å². The van der Waals surface area contributed by atoms with E-state index >= 15 is 0 Å². The monoisotopic (exact) mass is 299 g/mol. The van der Waals surface area contributed by atoms with Crippen LogP contribution in [-0.2, 0) is 17.9 Å². The molecule has 2 amide bonds. The van der Waals surface area contributed by atoms with Gasteiger partial charge in [0.15, 0.2) is 0 Å². The zero-order valence-corrected chi connectivity index (χ0v) is 11.7. The second-order valence-electron chi connectivity index (χ2n) is 3.77. The molecule has 0 unspecified atom stereocenters. The van der Waals surface area contributed by atoms with Gasteiger partial charge in [-0.2, -0.15) is 11.8 Å². The van der Waals surface area contributed by atoms with Gasteiger partial charge in [-0.15, -0.1) is 11.7 Å². The predicted octanol–water partition coefficient (Wildman–Crippen LogP) is 0.0811. The molecular formula is C11H17N5O3S. The number of aromatic nitrogens is 3. The third kappa shape index (κ3) is 6.78. The van der Waals surface area contributed by atoms with Crippen molar-refractivity contribution >= 4 is 23.8 Å². The van der Waals surface area contributed by atoms with E-state index in [2.05, 4.69) is 27.5 Å². The Labute approximate surface area is 120 Å². The van der Waals surface area contributed by atoms with Crippen LogP contribution in [0.2, 0.25) is 0 Å². The first-order valence-electron chi connectivity index (χ1n) is 5.93. The molecule has 0 aliphatic heterocycles. The second kappa shape index (κ2) is 8.97. The van der Waals surface area contributed by atoms with Gasteiger partial charge >= 0.3 is 12.0 Å². The molecule has 0 saturated carbocycles. The Hall–Kier alpha value is -2.03. The smallest absolute Gasteiger partial charge is 0.325 e. The maximum absolute atomic E-state index is 11.4. The fraction of sp³-hybridized carbons (Fsp3) is 0.455. The summed E-state index contributed by atoms with van der Waals surface area (Å²) in [6.45, 7) is 4.12. The molecule has 1 aromatic heterocycles. The molecular weight excluding hydrogens is 282 g/mol. The molecule has 0 atom stereocenters. The van der Waals surface area contributed by atoms with E-state index in [1.807, 2.05) is 6.08 Å². The van der Waals surface area contributed by atoms with Crippen LogP contribution >= 0.6 is 11.8 Å². The molecule has 1 aromatic rings. The Balaban J connectivity index is 2.18. The van der Waals surface area contributed by atoms with Crippen molar-refractivity contribution in [3.63, 3.8) is 0 Å². The van der Waals surface area contributed by atoms with Gasteiger partial charge in [0.2, 0.25) is 0 Å². The van der Waals surface area contributed by atoms with E-state index in [0.717, 1.165) is 11.5 Å². The highest BCUT2D eigenvalue weighted by Gasteiger charge is 2.05. The number of nitrogens with zero attached hydrogens (tertiary/aromatic N) is 3. The topological polar surface area (TPSA) is 109 Å². The molecule has 0 aliphatic carbocycles. The Morgan fingerprint density at radius 2 is 2.30 bits per heavy atom. The number of carbonyl (C=O) groups excluding carboxylic acids is 1. The van der Waals surface area contributed by atoms with Crippen molar-refractivity contribution in [2.45, 2.75) is 13.1 Å². The van der Waals surface area contributed by atoms with E-state index in [1.54, 1.807) is 11.8 Å². The van der Waals surface area contributed by atoms with Crippen molar-refractivity contribution in [2.24, 2.45) is 0 Å². The quantitative estimate of drug-likeness (QED) is 0.440. The van der Waals surface area contributed by atoms with E-state index in [9.17, 15) is 9.59 Å². The van der Waals surface area contributed by atoms with Gasteiger partial charge in [0.1, 0.15) is 12.2 Å². The van der Waals surface area contributed by atoms with E-state index in [-0.39, 0.29) is 19.1 Å². The number of carboxylic acids is 1. The minimum atomic E-state index is -0.996.